The Hall–Kier alpha value is -4.18. The van der Waals surface area contributed by atoms with E-state index in [1.807, 2.05) is 0 Å². The maximum absolute atomic E-state index is 12.7. The minimum atomic E-state index is -0.996. The number of aliphatic carboxylic acids is 1. The molecule has 0 radical (unpaired) electrons. The zero-order chi connectivity index (χ0) is 25.3. The molecule has 0 amide bonds. The number of carbonyl (C=O) groups excluding carboxylic acids is 1. The van der Waals surface area contributed by atoms with E-state index in [2.05, 4.69) is 10.4 Å². The van der Waals surface area contributed by atoms with Gasteiger partial charge in [-0.1, -0.05) is 30.3 Å². The number of ketones is 1. The fourth-order valence-electron chi connectivity index (χ4n) is 4.19. The molecular weight excluding hydrogens is 454 g/mol. The van der Waals surface area contributed by atoms with Gasteiger partial charge in [-0.15, -0.1) is 0 Å². The molecule has 0 spiro atoms. The number of nitrogens with one attached hydrogen (secondary N) is 1. The van der Waals surface area contributed by atoms with Crippen molar-refractivity contribution in [1.82, 2.24) is 15.1 Å². The maximum atomic E-state index is 12.7. The van der Waals surface area contributed by atoms with E-state index in [0.717, 1.165) is 5.56 Å². The number of methoxy groups -OCH3 is 1. The van der Waals surface area contributed by atoms with Gasteiger partial charge < -0.3 is 25.4 Å². The lowest BCUT2D eigenvalue weighted by Crippen LogP contribution is -2.22. The summed E-state index contributed by atoms with van der Waals surface area (Å²) < 4.78 is 6.48. The van der Waals surface area contributed by atoms with Crippen LogP contribution in [0.5, 0.6) is 17.2 Å². The summed E-state index contributed by atoms with van der Waals surface area (Å²) >= 11 is 0. The first kappa shape index (κ1) is 24.0. The van der Waals surface area contributed by atoms with Crippen LogP contribution in [0.4, 0.5) is 0 Å². The Labute approximate surface area is 200 Å². The lowest BCUT2D eigenvalue weighted by Gasteiger charge is -2.13. The van der Waals surface area contributed by atoms with Gasteiger partial charge in [-0.05, 0) is 36.1 Å². The van der Waals surface area contributed by atoms with Crippen LogP contribution < -0.4 is 15.6 Å². The van der Waals surface area contributed by atoms with E-state index in [4.69, 9.17) is 4.74 Å². The van der Waals surface area contributed by atoms with E-state index in [-0.39, 0.29) is 41.5 Å². The predicted octanol–water partition coefficient (Wildman–Crippen LogP) is 1.72. The van der Waals surface area contributed by atoms with Crippen LogP contribution in [0.15, 0.2) is 53.5 Å². The summed E-state index contributed by atoms with van der Waals surface area (Å²) in [6.45, 7) is 0. The summed E-state index contributed by atoms with van der Waals surface area (Å²) in [6, 6.07) is 9.97. The highest BCUT2D eigenvalue weighted by Crippen LogP contribution is 2.33. The van der Waals surface area contributed by atoms with E-state index < -0.39 is 23.7 Å². The number of rotatable bonds is 9. The first-order chi connectivity index (χ1) is 16.7. The molecule has 1 aromatic heterocycles. The van der Waals surface area contributed by atoms with Crippen LogP contribution in [-0.2, 0) is 18.3 Å². The lowest BCUT2D eigenvalue weighted by atomic mass is 9.92. The largest absolute Gasteiger partial charge is 0.507 e. The highest BCUT2D eigenvalue weighted by Gasteiger charge is 2.45. The summed E-state index contributed by atoms with van der Waals surface area (Å²) in [7, 11) is 3.00. The van der Waals surface area contributed by atoms with Crippen LogP contribution in [0.2, 0.25) is 0 Å². The SMILES string of the molecule is COc1cnn(C)c(=O)c1-c1ccc(C[C@H](CC2NC2C(=O)c2c(O)cccc2O)C(=O)O)cc1. The van der Waals surface area contributed by atoms with Crippen LogP contribution in [0.25, 0.3) is 11.1 Å². The second-order valence-corrected chi connectivity index (χ2v) is 8.47. The molecule has 0 saturated carbocycles. The Morgan fingerprint density at radius 1 is 1.14 bits per heavy atom. The molecule has 1 saturated heterocycles. The van der Waals surface area contributed by atoms with Crippen LogP contribution in [0.3, 0.4) is 0 Å². The van der Waals surface area contributed by atoms with Gasteiger partial charge in [-0.2, -0.15) is 5.10 Å². The fraction of sp³-hybridized carbons (Fsp3) is 0.280. The number of aryl methyl sites for hydroxylation is 1. The van der Waals surface area contributed by atoms with Crippen molar-refractivity contribution in [3.63, 3.8) is 0 Å². The van der Waals surface area contributed by atoms with Crippen molar-refractivity contribution in [2.75, 3.05) is 7.11 Å². The maximum Gasteiger partial charge on any atom is 0.306 e. The number of nitrogens with zero attached hydrogens (tertiary/aromatic N) is 2. The third kappa shape index (κ3) is 4.87. The second kappa shape index (κ2) is 9.59. The normalized spacial score (nSPS) is 17.5. The summed E-state index contributed by atoms with van der Waals surface area (Å²) in [6.07, 6.45) is 1.88. The molecule has 0 bridgehead atoms. The van der Waals surface area contributed by atoms with E-state index in [9.17, 15) is 29.7 Å². The third-order valence-corrected chi connectivity index (χ3v) is 6.17. The average molecular weight is 479 g/mol. The zero-order valence-electron chi connectivity index (χ0n) is 19.1. The Kier molecular flexibility index (Phi) is 6.57. The van der Waals surface area contributed by atoms with Crippen molar-refractivity contribution in [3.8, 4) is 28.4 Å². The van der Waals surface area contributed by atoms with E-state index in [1.54, 1.807) is 31.3 Å². The average Bonchev–Trinajstić information content (AvgIpc) is 3.60. The highest BCUT2D eigenvalue weighted by atomic mass is 16.5. The smallest absolute Gasteiger partial charge is 0.306 e. The number of benzene rings is 2. The van der Waals surface area contributed by atoms with Gasteiger partial charge in [0.05, 0.1) is 30.8 Å². The number of aromatic hydroxyl groups is 2. The minimum absolute atomic E-state index is 0.173. The molecule has 182 valence electrons. The molecule has 2 aromatic carbocycles. The number of ether oxygens (including phenoxy) is 1. The highest BCUT2D eigenvalue weighted by molar-refractivity contribution is 6.06. The monoisotopic (exact) mass is 479 g/mol. The van der Waals surface area contributed by atoms with Gasteiger partial charge in [-0.25, -0.2) is 4.68 Å². The summed E-state index contributed by atoms with van der Waals surface area (Å²) in [5.74, 6) is -2.54. The zero-order valence-corrected chi connectivity index (χ0v) is 19.1. The number of hydrogen-bond donors (Lipinski definition) is 4. The number of carboxylic acid groups (broad SMARTS) is 1. The van der Waals surface area contributed by atoms with Crippen molar-refractivity contribution >= 4 is 11.8 Å². The molecule has 4 N–H and O–H groups in total. The summed E-state index contributed by atoms with van der Waals surface area (Å²) in [4.78, 5) is 37.1. The first-order valence-corrected chi connectivity index (χ1v) is 10.9. The number of carboxylic acids is 1. The standard InChI is InChI=1S/C25H25N3O7/c1-28-24(32)20(19(35-2)12-26-28)14-8-6-13(7-9-14)10-15(25(33)34)11-16-22(27-16)23(31)21-17(29)4-3-5-18(21)30/h3-9,12,15-16,22,27,29-30H,10-11H2,1-2H3,(H,33,34)/t15-,16?,22?/m1/s1. The molecule has 2 heterocycles. The predicted molar refractivity (Wildman–Crippen MR) is 126 cm³/mol. The summed E-state index contributed by atoms with van der Waals surface area (Å²) in [5.41, 5.74) is 1.26. The molecule has 2 unspecified atom stereocenters. The Balaban J connectivity index is 1.46. The van der Waals surface area contributed by atoms with Crippen molar-refractivity contribution in [2.24, 2.45) is 13.0 Å². The number of phenolic OH excluding ortho intramolecular Hbond substituents is 2. The van der Waals surface area contributed by atoms with Gasteiger partial charge in [0.1, 0.15) is 17.1 Å². The van der Waals surface area contributed by atoms with Crippen molar-refractivity contribution in [3.05, 3.63) is 70.1 Å². The topological polar surface area (TPSA) is 161 Å². The molecule has 1 aliphatic heterocycles. The lowest BCUT2D eigenvalue weighted by molar-refractivity contribution is -0.141. The van der Waals surface area contributed by atoms with Crippen LogP contribution in [-0.4, -0.2) is 56.0 Å². The van der Waals surface area contributed by atoms with Crippen molar-refractivity contribution < 1.29 is 29.6 Å². The number of Topliss-reactive ketones (excluding diaryl/α,β-unsaturated/α-hetero) is 1. The molecule has 3 atom stereocenters. The minimum Gasteiger partial charge on any atom is -0.507 e. The van der Waals surface area contributed by atoms with Crippen LogP contribution in [0, 0.1) is 5.92 Å². The van der Waals surface area contributed by atoms with E-state index in [0.29, 0.717) is 16.9 Å². The molecule has 10 nitrogen and oxygen atoms in total. The molecular formula is C25H25N3O7. The fourth-order valence-corrected chi connectivity index (χ4v) is 4.19. The molecule has 4 rings (SSSR count). The number of phenols is 2. The molecule has 3 aromatic rings. The van der Waals surface area contributed by atoms with Gasteiger partial charge in [0.15, 0.2) is 11.5 Å². The molecule has 1 fully saturated rings. The summed E-state index contributed by atoms with van der Waals surface area (Å²) in [5, 5.41) is 36.5. The number of carbonyl (C=O) groups is 2. The second-order valence-electron chi connectivity index (χ2n) is 8.47. The Bertz CT molecular complexity index is 1310. The first-order valence-electron chi connectivity index (χ1n) is 10.9. The van der Waals surface area contributed by atoms with Gasteiger partial charge >= 0.3 is 5.97 Å². The molecule has 35 heavy (non-hydrogen) atoms. The quantitative estimate of drug-likeness (QED) is 0.264. The Morgan fingerprint density at radius 3 is 2.40 bits per heavy atom. The number of aromatic nitrogens is 2. The van der Waals surface area contributed by atoms with Crippen LogP contribution in [0.1, 0.15) is 22.3 Å². The molecule has 1 aliphatic rings. The number of hydrogen-bond acceptors (Lipinski definition) is 8. The molecule has 10 heteroatoms. The van der Waals surface area contributed by atoms with Gasteiger partial charge in [0, 0.05) is 13.1 Å². The van der Waals surface area contributed by atoms with Gasteiger partial charge in [0.25, 0.3) is 5.56 Å². The van der Waals surface area contributed by atoms with Gasteiger partial charge in [-0.3, -0.25) is 14.4 Å². The van der Waals surface area contributed by atoms with E-state index >= 15 is 0 Å². The Morgan fingerprint density at radius 2 is 1.80 bits per heavy atom. The molecule has 0 aliphatic carbocycles. The van der Waals surface area contributed by atoms with Gasteiger partial charge in [0.2, 0.25) is 0 Å². The van der Waals surface area contributed by atoms with E-state index in [1.165, 1.54) is 36.2 Å². The van der Waals surface area contributed by atoms with Crippen molar-refractivity contribution in [1.29, 1.82) is 0 Å². The van der Waals surface area contributed by atoms with Crippen molar-refractivity contribution in [2.45, 2.75) is 24.9 Å². The third-order valence-electron chi connectivity index (χ3n) is 6.17. The van der Waals surface area contributed by atoms with Crippen LogP contribution >= 0.6 is 0 Å².